The molecule has 108 valence electrons. The van der Waals surface area contributed by atoms with Crippen molar-refractivity contribution in [3.05, 3.63) is 18.1 Å². The summed E-state index contributed by atoms with van der Waals surface area (Å²) in [4.78, 5) is 10.5. The molecule has 1 aromatic heterocycles. The molecular formula is C13H19N5OS. The highest BCUT2D eigenvalue weighted by Crippen LogP contribution is 2.18. The maximum Gasteiger partial charge on any atom is 0.182 e. The van der Waals surface area contributed by atoms with Crippen molar-refractivity contribution < 1.29 is 4.21 Å². The van der Waals surface area contributed by atoms with Gasteiger partial charge >= 0.3 is 0 Å². The van der Waals surface area contributed by atoms with Crippen molar-refractivity contribution in [2.75, 3.05) is 36.5 Å². The Kier molecular flexibility index (Phi) is 4.68. The average molecular weight is 293 g/mol. The summed E-state index contributed by atoms with van der Waals surface area (Å²) in [5.74, 6) is 1.99. The predicted octanol–water partition coefficient (Wildman–Crippen LogP) is 0.603. The Labute approximate surface area is 121 Å². The Bertz CT molecular complexity index is 530. The van der Waals surface area contributed by atoms with Crippen molar-refractivity contribution in [3.8, 4) is 6.07 Å². The lowest BCUT2D eigenvalue weighted by Crippen LogP contribution is -2.53. The van der Waals surface area contributed by atoms with Gasteiger partial charge in [0.1, 0.15) is 6.07 Å². The molecule has 1 N–H and O–H groups in total. The van der Waals surface area contributed by atoms with Crippen LogP contribution in [0.3, 0.4) is 0 Å². The van der Waals surface area contributed by atoms with Gasteiger partial charge in [0.05, 0.1) is 0 Å². The molecule has 0 saturated carbocycles. The first kappa shape index (κ1) is 14.9. The molecule has 1 aliphatic rings. The molecular weight excluding hydrogens is 274 g/mol. The van der Waals surface area contributed by atoms with E-state index in [-0.39, 0.29) is 5.54 Å². The van der Waals surface area contributed by atoms with Crippen molar-refractivity contribution in [3.63, 3.8) is 0 Å². The van der Waals surface area contributed by atoms with Gasteiger partial charge in [0.25, 0.3) is 0 Å². The third kappa shape index (κ3) is 3.52. The number of hydrogen-bond acceptors (Lipinski definition) is 6. The quantitative estimate of drug-likeness (QED) is 0.875. The smallest absolute Gasteiger partial charge is 0.182 e. The maximum atomic E-state index is 11.4. The van der Waals surface area contributed by atoms with E-state index in [1.165, 1.54) is 6.20 Å². The highest BCUT2D eigenvalue weighted by molar-refractivity contribution is 7.85. The molecule has 2 rings (SSSR count). The van der Waals surface area contributed by atoms with E-state index in [0.717, 1.165) is 24.6 Å². The standard InChI is InChI=1S/C13H19N5OS/c1-13(2,18-5-7-20(19)8-6-18)10-17-12-11(9-14)15-3-4-16-12/h3-4H,5-8,10H2,1-2H3,(H,16,17). The van der Waals surface area contributed by atoms with E-state index in [9.17, 15) is 4.21 Å². The first-order valence-electron chi connectivity index (χ1n) is 6.58. The van der Waals surface area contributed by atoms with E-state index in [2.05, 4.69) is 34.0 Å². The molecule has 0 aromatic carbocycles. The third-order valence-corrected chi connectivity index (χ3v) is 4.80. The van der Waals surface area contributed by atoms with Gasteiger partial charge in [-0.05, 0) is 13.8 Å². The number of hydrogen-bond donors (Lipinski definition) is 1. The Morgan fingerprint density at radius 2 is 2.05 bits per heavy atom. The second kappa shape index (κ2) is 6.29. The monoisotopic (exact) mass is 293 g/mol. The number of rotatable bonds is 4. The van der Waals surface area contributed by atoms with Crippen LogP contribution in [0.25, 0.3) is 0 Å². The van der Waals surface area contributed by atoms with Gasteiger partial charge in [0.2, 0.25) is 0 Å². The first-order valence-corrected chi connectivity index (χ1v) is 8.07. The lowest BCUT2D eigenvalue weighted by Gasteiger charge is -2.40. The number of nitrogens with one attached hydrogen (secondary N) is 1. The number of anilines is 1. The fraction of sp³-hybridized carbons (Fsp3) is 0.615. The molecule has 20 heavy (non-hydrogen) atoms. The van der Waals surface area contributed by atoms with Crippen LogP contribution in [0.2, 0.25) is 0 Å². The summed E-state index contributed by atoms with van der Waals surface area (Å²) in [6.45, 7) is 6.61. The summed E-state index contributed by atoms with van der Waals surface area (Å²) in [5, 5.41) is 12.2. The molecule has 0 amide bonds. The number of nitriles is 1. The minimum absolute atomic E-state index is 0.0884. The fourth-order valence-electron chi connectivity index (χ4n) is 2.20. The van der Waals surface area contributed by atoms with E-state index in [0.29, 0.717) is 18.1 Å². The predicted molar refractivity (Wildman–Crippen MR) is 78.8 cm³/mol. The molecule has 1 saturated heterocycles. The summed E-state index contributed by atoms with van der Waals surface area (Å²) in [6, 6.07) is 2.03. The summed E-state index contributed by atoms with van der Waals surface area (Å²) >= 11 is 0. The summed E-state index contributed by atoms with van der Waals surface area (Å²) < 4.78 is 11.4. The van der Waals surface area contributed by atoms with Crippen molar-refractivity contribution in [2.45, 2.75) is 19.4 Å². The second-order valence-corrected chi connectivity index (χ2v) is 7.06. The van der Waals surface area contributed by atoms with Crippen molar-refractivity contribution in [1.82, 2.24) is 14.9 Å². The average Bonchev–Trinajstić information content (AvgIpc) is 2.46. The van der Waals surface area contributed by atoms with Crippen LogP contribution in [0.15, 0.2) is 12.4 Å². The molecule has 7 heteroatoms. The lowest BCUT2D eigenvalue weighted by atomic mass is 10.0. The molecule has 0 atom stereocenters. The van der Waals surface area contributed by atoms with E-state index in [1.54, 1.807) is 6.20 Å². The number of nitrogens with zero attached hydrogens (tertiary/aromatic N) is 4. The van der Waals surface area contributed by atoms with Crippen LogP contribution in [0.4, 0.5) is 5.82 Å². The van der Waals surface area contributed by atoms with Crippen molar-refractivity contribution in [2.24, 2.45) is 0 Å². The topological polar surface area (TPSA) is 81.9 Å². The molecule has 1 aliphatic heterocycles. The Hall–Kier alpha value is -1.52. The zero-order chi connectivity index (χ0) is 14.6. The highest BCUT2D eigenvalue weighted by atomic mass is 32.2. The Morgan fingerprint density at radius 3 is 2.70 bits per heavy atom. The first-order chi connectivity index (χ1) is 9.53. The third-order valence-electron chi connectivity index (χ3n) is 3.53. The molecule has 0 spiro atoms. The van der Waals surface area contributed by atoms with Gasteiger partial charge < -0.3 is 5.32 Å². The van der Waals surface area contributed by atoms with Gasteiger partial charge in [0, 0.05) is 59.9 Å². The molecule has 1 fully saturated rings. The van der Waals surface area contributed by atoms with Gasteiger partial charge in [-0.1, -0.05) is 0 Å². The van der Waals surface area contributed by atoms with Crippen LogP contribution < -0.4 is 5.32 Å². The fourth-order valence-corrected chi connectivity index (χ4v) is 3.26. The van der Waals surface area contributed by atoms with E-state index < -0.39 is 10.8 Å². The maximum absolute atomic E-state index is 11.4. The van der Waals surface area contributed by atoms with Crippen LogP contribution in [0.5, 0.6) is 0 Å². The molecule has 1 aromatic rings. The molecule has 0 unspecified atom stereocenters. The van der Waals surface area contributed by atoms with Crippen LogP contribution in [-0.2, 0) is 10.8 Å². The van der Waals surface area contributed by atoms with Crippen LogP contribution >= 0.6 is 0 Å². The van der Waals surface area contributed by atoms with E-state index in [1.807, 2.05) is 6.07 Å². The normalized spacial score (nSPS) is 17.6. The molecule has 2 heterocycles. The molecule has 0 radical (unpaired) electrons. The minimum atomic E-state index is -0.668. The minimum Gasteiger partial charge on any atom is -0.366 e. The van der Waals surface area contributed by atoms with E-state index in [4.69, 9.17) is 5.26 Å². The van der Waals surface area contributed by atoms with Gasteiger partial charge in [-0.15, -0.1) is 0 Å². The van der Waals surface area contributed by atoms with Crippen LogP contribution in [-0.4, -0.2) is 55.8 Å². The summed E-state index contributed by atoms with van der Waals surface area (Å²) in [6.07, 6.45) is 3.08. The highest BCUT2D eigenvalue weighted by Gasteiger charge is 2.29. The molecule has 0 aliphatic carbocycles. The zero-order valence-corrected chi connectivity index (χ0v) is 12.6. The summed E-state index contributed by atoms with van der Waals surface area (Å²) in [5.41, 5.74) is 0.220. The van der Waals surface area contributed by atoms with Crippen molar-refractivity contribution >= 4 is 16.6 Å². The number of aromatic nitrogens is 2. The van der Waals surface area contributed by atoms with Crippen molar-refractivity contribution in [1.29, 1.82) is 5.26 Å². The van der Waals surface area contributed by atoms with Gasteiger partial charge in [0.15, 0.2) is 11.5 Å². The SMILES string of the molecule is CC(C)(CNc1nccnc1C#N)N1CCS(=O)CC1. The second-order valence-electron chi connectivity index (χ2n) is 5.37. The van der Waals surface area contributed by atoms with E-state index >= 15 is 0 Å². The largest absolute Gasteiger partial charge is 0.366 e. The van der Waals surface area contributed by atoms with Gasteiger partial charge in [-0.25, -0.2) is 9.97 Å². The van der Waals surface area contributed by atoms with Gasteiger partial charge in [-0.2, -0.15) is 5.26 Å². The van der Waals surface area contributed by atoms with Crippen LogP contribution in [0.1, 0.15) is 19.5 Å². The zero-order valence-electron chi connectivity index (χ0n) is 11.8. The van der Waals surface area contributed by atoms with Gasteiger partial charge in [-0.3, -0.25) is 9.11 Å². The van der Waals surface area contributed by atoms with Crippen LogP contribution in [0, 0.1) is 11.3 Å². The summed E-state index contributed by atoms with van der Waals surface area (Å²) in [7, 11) is -0.668. The Morgan fingerprint density at radius 1 is 1.40 bits per heavy atom. The molecule has 0 bridgehead atoms. The Balaban J connectivity index is 1.98. The lowest BCUT2D eigenvalue weighted by molar-refractivity contribution is 0.145. The molecule has 6 nitrogen and oxygen atoms in total.